The molecule has 0 amide bonds. The Morgan fingerprint density at radius 2 is 2.04 bits per heavy atom. The Kier molecular flexibility index (Phi) is 5.31. The summed E-state index contributed by atoms with van der Waals surface area (Å²) in [5.74, 6) is -1.33. The topological polar surface area (TPSA) is 64.6 Å². The Morgan fingerprint density at radius 1 is 1.25 bits per heavy atom. The maximum absolute atomic E-state index is 13.5. The standard InChI is InChI=1S/C22H24FNO4/c1-13-19(22(26)28-12-16-4-3-11-27-16)20(14-7-9-15(23)10-8-14)21-17(24-13)5-2-6-18(21)25/h7-10,16,20,24H,2-6,11-12H2,1H3/t16-,20-/m0/s1. The lowest BCUT2D eigenvalue weighted by Gasteiger charge is -2.34. The number of allylic oxidation sites excluding steroid dienone is 3. The number of carbonyl (C=O) groups is 2. The van der Waals surface area contributed by atoms with Gasteiger partial charge in [0, 0.05) is 35.9 Å². The van der Waals surface area contributed by atoms with Crippen molar-refractivity contribution in [2.45, 2.75) is 51.0 Å². The van der Waals surface area contributed by atoms with Gasteiger partial charge in [-0.15, -0.1) is 0 Å². The summed E-state index contributed by atoms with van der Waals surface area (Å²) in [6, 6.07) is 5.99. The molecule has 1 aliphatic carbocycles. The van der Waals surface area contributed by atoms with Crippen LogP contribution in [0.25, 0.3) is 0 Å². The van der Waals surface area contributed by atoms with Crippen LogP contribution in [0, 0.1) is 5.82 Å². The van der Waals surface area contributed by atoms with Crippen molar-refractivity contribution >= 4 is 11.8 Å². The number of esters is 1. The van der Waals surface area contributed by atoms with Gasteiger partial charge in [-0.1, -0.05) is 12.1 Å². The first-order chi connectivity index (χ1) is 13.5. The molecule has 2 heterocycles. The number of hydrogen-bond donors (Lipinski definition) is 1. The zero-order valence-corrected chi connectivity index (χ0v) is 15.9. The third kappa shape index (κ3) is 3.61. The summed E-state index contributed by atoms with van der Waals surface area (Å²) >= 11 is 0. The Labute approximate surface area is 163 Å². The Morgan fingerprint density at radius 3 is 2.75 bits per heavy atom. The fourth-order valence-corrected chi connectivity index (χ4v) is 4.26. The SMILES string of the molecule is CC1=C(C(=O)OC[C@@H]2CCCO2)[C@H](c2ccc(F)cc2)C2=C(CCCC2=O)N1. The minimum atomic E-state index is -0.540. The molecule has 28 heavy (non-hydrogen) atoms. The molecule has 0 unspecified atom stereocenters. The van der Waals surface area contributed by atoms with Gasteiger partial charge >= 0.3 is 5.97 Å². The van der Waals surface area contributed by atoms with Crippen molar-refractivity contribution in [2.75, 3.05) is 13.2 Å². The molecule has 0 saturated carbocycles. The lowest BCUT2D eigenvalue weighted by molar-refractivity contribution is -0.142. The molecule has 4 rings (SSSR count). The molecule has 148 valence electrons. The number of ether oxygens (including phenoxy) is 2. The average molecular weight is 385 g/mol. The number of hydrogen-bond acceptors (Lipinski definition) is 5. The van der Waals surface area contributed by atoms with Crippen LogP contribution in [-0.2, 0) is 19.1 Å². The van der Waals surface area contributed by atoms with Crippen LogP contribution < -0.4 is 5.32 Å². The van der Waals surface area contributed by atoms with E-state index in [-0.39, 0.29) is 24.3 Å². The second-order valence-electron chi connectivity index (χ2n) is 7.55. The van der Waals surface area contributed by atoms with Crippen molar-refractivity contribution in [2.24, 2.45) is 0 Å². The van der Waals surface area contributed by atoms with E-state index in [1.807, 2.05) is 6.92 Å². The van der Waals surface area contributed by atoms with E-state index in [0.717, 1.165) is 31.4 Å². The van der Waals surface area contributed by atoms with Crippen molar-refractivity contribution in [3.05, 3.63) is 58.2 Å². The Bertz CT molecular complexity index is 850. The highest BCUT2D eigenvalue weighted by Crippen LogP contribution is 2.42. The fourth-order valence-electron chi connectivity index (χ4n) is 4.26. The number of halogens is 1. The van der Waals surface area contributed by atoms with Crippen LogP contribution in [0.5, 0.6) is 0 Å². The van der Waals surface area contributed by atoms with Crippen LogP contribution in [-0.4, -0.2) is 31.1 Å². The molecule has 0 radical (unpaired) electrons. The van der Waals surface area contributed by atoms with Gasteiger partial charge in [0.2, 0.25) is 0 Å². The lowest BCUT2D eigenvalue weighted by Crippen LogP contribution is -2.35. The van der Waals surface area contributed by atoms with E-state index in [1.54, 1.807) is 12.1 Å². The summed E-state index contributed by atoms with van der Waals surface area (Å²) in [6.07, 6.45) is 3.76. The van der Waals surface area contributed by atoms with Crippen LogP contribution in [0.2, 0.25) is 0 Å². The van der Waals surface area contributed by atoms with Gasteiger partial charge in [-0.05, 0) is 50.3 Å². The normalized spacial score (nSPS) is 24.9. The molecule has 1 saturated heterocycles. The number of carbonyl (C=O) groups excluding carboxylic acids is 2. The van der Waals surface area contributed by atoms with Gasteiger partial charge in [0.15, 0.2) is 5.78 Å². The minimum Gasteiger partial charge on any atom is -0.459 e. The van der Waals surface area contributed by atoms with Crippen molar-refractivity contribution in [1.82, 2.24) is 5.32 Å². The van der Waals surface area contributed by atoms with Crippen molar-refractivity contribution in [3.8, 4) is 0 Å². The monoisotopic (exact) mass is 385 g/mol. The van der Waals surface area contributed by atoms with E-state index < -0.39 is 11.9 Å². The summed E-state index contributed by atoms with van der Waals surface area (Å²) in [5, 5.41) is 3.25. The van der Waals surface area contributed by atoms with Gasteiger partial charge in [0.05, 0.1) is 11.7 Å². The molecule has 1 fully saturated rings. The second-order valence-corrected chi connectivity index (χ2v) is 7.55. The summed E-state index contributed by atoms with van der Waals surface area (Å²) in [7, 11) is 0. The fraction of sp³-hybridized carbons (Fsp3) is 0.455. The van der Waals surface area contributed by atoms with Gasteiger partial charge < -0.3 is 14.8 Å². The van der Waals surface area contributed by atoms with Crippen molar-refractivity contribution < 1.29 is 23.5 Å². The molecule has 1 aromatic rings. The summed E-state index contributed by atoms with van der Waals surface area (Å²) < 4.78 is 24.6. The quantitative estimate of drug-likeness (QED) is 0.804. The largest absolute Gasteiger partial charge is 0.459 e. The number of ketones is 1. The first kappa shape index (κ1) is 18.9. The van der Waals surface area contributed by atoms with E-state index in [1.165, 1.54) is 12.1 Å². The summed E-state index contributed by atoms with van der Waals surface area (Å²) in [4.78, 5) is 25.8. The molecular formula is C22H24FNO4. The second kappa shape index (κ2) is 7.87. The molecule has 6 heteroatoms. The van der Waals surface area contributed by atoms with E-state index in [0.29, 0.717) is 35.4 Å². The van der Waals surface area contributed by atoms with Crippen LogP contribution in [0.4, 0.5) is 4.39 Å². The molecule has 5 nitrogen and oxygen atoms in total. The molecule has 0 spiro atoms. The molecule has 0 bridgehead atoms. The molecule has 1 N–H and O–H groups in total. The first-order valence-electron chi connectivity index (χ1n) is 9.83. The van der Waals surface area contributed by atoms with Crippen molar-refractivity contribution in [1.29, 1.82) is 0 Å². The summed E-state index contributed by atoms with van der Waals surface area (Å²) in [5.41, 5.74) is 3.28. The van der Waals surface area contributed by atoms with Crippen LogP contribution in [0.3, 0.4) is 0 Å². The number of rotatable bonds is 4. The van der Waals surface area contributed by atoms with Crippen molar-refractivity contribution in [3.63, 3.8) is 0 Å². The highest BCUT2D eigenvalue weighted by Gasteiger charge is 2.39. The Balaban J connectivity index is 1.68. The molecular weight excluding hydrogens is 361 g/mol. The average Bonchev–Trinajstić information content (AvgIpc) is 3.19. The molecule has 3 aliphatic rings. The maximum Gasteiger partial charge on any atom is 0.336 e. The van der Waals surface area contributed by atoms with Gasteiger partial charge in [0.25, 0.3) is 0 Å². The Hall–Kier alpha value is -2.47. The van der Waals surface area contributed by atoms with E-state index in [2.05, 4.69) is 5.32 Å². The highest BCUT2D eigenvalue weighted by atomic mass is 19.1. The van der Waals surface area contributed by atoms with Crippen LogP contribution in [0.15, 0.2) is 46.8 Å². The highest BCUT2D eigenvalue weighted by molar-refractivity contribution is 6.03. The number of benzene rings is 1. The van der Waals surface area contributed by atoms with E-state index in [9.17, 15) is 14.0 Å². The van der Waals surface area contributed by atoms with Gasteiger partial charge in [-0.3, -0.25) is 4.79 Å². The number of dihydropyridines is 1. The van der Waals surface area contributed by atoms with E-state index in [4.69, 9.17) is 9.47 Å². The van der Waals surface area contributed by atoms with Gasteiger partial charge in [0.1, 0.15) is 12.4 Å². The molecule has 1 aromatic carbocycles. The maximum atomic E-state index is 13.5. The minimum absolute atomic E-state index is 0.0278. The van der Waals surface area contributed by atoms with E-state index >= 15 is 0 Å². The molecule has 0 aromatic heterocycles. The van der Waals surface area contributed by atoms with Gasteiger partial charge in [-0.25, -0.2) is 9.18 Å². The lowest BCUT2D eigenvalue weighted by atomic mass is 9.75. The summed E-state index contributed by atoms with van der Waals surface area (Å²) in [6.45, 7) is 2.71. The third-order valence-corrected chi connectivity index (χ3v) is 5.62. The van der Waals surface area contributed by atoms with Gasteiger partial charge in [-0.2, -0.15) is 0 Å². The predicted octanol–water partition coefficient (Wildman–Crippen LogP) is 3.52. The number of nitrogens with one attached hydrogen (secondary N) is 1. The zero-order valence-electron chi connectivity index (χ0n) is 15.9. The number of Topliss-reactive ketones (excluding diaryl/α,β-unsaturated/α-hetero) is 1. The van der Waals surface area contributed by atoms with Crippen LogP contribution >= 0.6 is 0 Å². The first-order valence-corrected chi connectivity index (χ1v) is 9.83. The molecule has 2 aliphatic heterocycles. The smallest absolute Gasteiger partial charge is 0.336 e. The zero-order chi connectivity index (χ0) is 19.7. The predicted molar refractivity (Wildman–Crippen MR) is 101 cm³/mol. The third-order valence-electron chi connectivity index (χ3n) is 5.62. The molecule has 2 atom stereocenters. The van der Waals surface area contributed by atoms with Crippen LogP contribution in [0.1, 0.15) is 50.5 Å².